The minimum absolute atomic E-state index is 0.0862. The highest BCUT2D eigenvalue weighted by atomic mass is 35.5. The fourth-order valence-electron chi connectivity index (χ4n) is 5.05. The van der Waals surface area contributed by atoms with Crippen LogP contribution in [0.4, 0.5) is 5.82 Å². The fourth-order valence-corrected chi connectivity index (χ4v) is 5.21. The van der Waals surface area contributed by atoms with E-state index in [1.165, 1.54) is 0 Å². The van der Waals surface area contributed by atoms with Gasteiger partial charge >= 0.3 is 5.69 Å². The number of aryl methyl sites for hydroxylation is 1. The van der Waals surface area contributed by atoms with E-state index in [0.717, 1.165) is 48.2 Å². The second-order valence-electron chi connectivity index (χ2n) is 9.84. The van der Waals surface area contributed by atoms with Crippen molar-refractivity contribution in [2.75, 3.05) is 19.0 Å². The van der Waals surface area contributed by atoms with Gasteiger partial charge in [-0.15, -0.1) is 0 Å². The van der Waals surface area contributed by atoms with E-state index < -0.39 is 0 Å². The molecule has 0 radical (unpaired) electrons. The van der Waals surface area contributed by atoms with Crippen molar-refractivity contribution in [2.45, 2.75) is 45.2 Å². The molecule has 4 aromatic heterocycles. The van der Waals surface area contributed by atoms with Crippen LogP contribution >= 0.6 is 11.6 Å². The van der Waals surface area contributed by atoms with Gasteiger partial charge in [0.1, 0.15) is 5.82 Å². The molecule has 4 aromatic rings. The van der Waals surface area contributed by atoms with Gasteiger partial charge in [-0.1, -0.05) is 11.6 Å². The third-order valence-corrected chi connectivity index (χ3v) is 7.31. The molecule has 9 nitrogen and oxygen atoms in total. The van der Waals surface area contributed by atoms with Gasteiger partial charge in [-0.05, 0) is 62.8 Å². The molecule has 1 N–H and O–H groups in total. The lowest BCUT2D eigenvalue weighted by Gasteiger charge is -2.29. The molecule has 10 heteroatoms. The zero-order valence-electron chi connectivity index (χ0n) is 21.2. The summed E-state index contributed by atoms with van der Waals surface area (Å²) in [5, 5.41) is 3.58. The number of fused-ring (bicyclic) bond motifs is 1. The minimum atomic E-state index is -0.143. The molecule has 0 spiro atoms. The number of imidazole rings is 1. The minimum Gasteiger partial charge on any atom is -0.363 e. The van der Waals surface area contributed by atoms with E-state index in [1.807, 2.05) is 41.8 Å². The van der Waals surface area contributed by atoms with Gasteiger partial charge in [-0.25, -0.2) is 9.78 Å². The number of hydrogen-bond acceptors (Lipinski definition) is 6. The summed E-state index contributed by atoms with van der Waals surface area (Å²) >= 11 is 6.03. The van der Waals surface area contributed by atoms with Crippen molar-refractivity contribution in [3.8, 4) is 5.69 Å². The van der Waals surface area contributed by atoms with Crippen LogP contribution < -0.4 is 15.9 Å². The lowest BCUT2D eigenvalue weighted by Crippen LogP contribution is -2.39. The van der Waals surface area contributed by atoms with Crippen LogP contribution in [0.1, 0.15) is 41.7 Å². The summed E-state index contributed by atoms with van der Waals surface area (Å²) in [6, 6.07) is 7.43. The predicted octanol–water partition coefficient (Wildman–Crippen LogP) is 3.99. The van der Waals surface area contributed by atoms with Gasteiger partial charge < -0.3 is 10.2 Å². The molecule has 0 atom stereocenters. The number of hydrogen-bond donors (Lipinski definition) is 1. The van der Waals surface area contributed by atoms with Crippen LogP contribution in [0.5, 0.6) is 0 Å². The maximum atomic E-state index is 13.6. The molecular weight excluding hydrogens is 490 g/mol. The highest BCUT2D eigenvalue weighted by Gasteiger charge is 2.26. The number of halogens is 1. The summed E-state index contributed by atoms with van der Waals surface area (Å²) in [5.41, 5.74) is 3.42. The average Bonchev–Trinajstić information content (AvgIpc) is 3.17. The molecule has 1 aliphatic carbocycles. The Labute approximate surface area is 220 Å². The molecule has 0 unspecified atom stereocenters. The van der Waals surface area contributed by atoms with E-state index >= 15 is 0 Å². The van der Waals surface area contributed by atoms with Crippen molar-refractivity contribution in [1.82, 2.24) is 29.4 Å². The topological polar surface area (TPSA) is 97.9 Å². The van der Waals surface area contributed by atoms with Crippen LogP contribution in [0.15, 0.2) is 53.8 Å². The van der Waals surface area contributed by atoms with Crippen LogP contribution in [0.25, 0.3) is 16.7 Å². The smallest absolute Gasteiger partial charge is 0.333 e. The zero-order valence-corrected chi connectivity index (χ0v) is 21.9. The third kappa shape index (κ3) is 5.09. The van der Waals surface area contributed by atoms with E-state index in [9.17, 15) is 9.59 Å². The van der Waals surface area contributed by atoms with Gasteiger partial charge in [0.25, 0.3) is 5.91 Å². The molecule has 0 aromatic carbocycles. The first-order valence-electron chi connectivity index (χ1n) is 12.4. The Morgan fingerprint density at radius 2 is 1.86 bits per heavy atom. The molecule has 0 saturated heterocycles. The number of nitrogens with zero attached hydrogens (tertiary/aromatic N) is 6. The summed E-state index contributed by atoms with van der Waals surface area (Å²) in [5.74, 6) is 1.01. The number of carbonyl (C=O) groups excluding carboxylic acids is 1. The molecule has 4 heterocycles. The Bertz CT molecular complexity index is 1490. The first-order valence-corrected chi connectivity index (χ1v) is 12.8. The zero-order chi connectivity index (χ0) is 26.1. The van der Waals surface area contributed by atoms with Crippen molar-refractivity contribution in [2.24, 2.45) is 5.92 Å². The predicted molar refractivity (Wildman–Crippen MR) is 145 cm³/mol. The van der Waals surface area contributed by atoms with Crippen molar-refractivity contribution in [3.05, 3.63) is 75.8 Å². The van der Waals surface area contributed by atoms with E-state index in [0.29, 0.717) is 28.7 Å². The summed E-state index contributed by atoms with van der Waals surface area (Å²) in [6.45, 7) is 2.41. The van der Waals surface area contributed by atoms with E-state index in [1.54, 1.807) is 42.3 Å². The highest BCUT2D eigenvalue weighted by molar-refractivity contribution is 6.30. The molecule has 37 heavy (non-hydrogen) atoms. The fraction of sp³-hybridized carbons (Fsp3) is 0.370. The van der Waals surface area contributed by atoms with Crippen molar-refractivity contribution < 1.29 is 4.79 Å². The van der Waals surface area contributed by atoms with Crippen molar-refractivity contribution in [1.29, 1.82) is 0 Å². The number of carbonyl (C=O) groups is 1. The molecule has 1 amide bonds. The molecule has 1 aliphatic rings. The SMILES string of the molecule is Cc1ncc(Cl)cc1C(=O)NC1CCC(Cn2c(=O)n(-c3ccc(N(C)C)nc3)c3ccncc32)CC1. The van der Waals surface area contributed by atoms with Crippen LogP contribution in [-0.4, -0.2) is 50.1 Å². The summed E-state index contributed by atoms with van der Waals surface area (Å²) in [7, 11) is 3.86. The van der Waals surface area contributed by atoms with E-state index in [-0.39, 0.29) is 17.6 Å². The highest BCUT2D eigenvalue weighted by Crippen LogP contribution is 2.28. The molecule has 5 rings (SSSR count). The van der Waals surface area contributed by atoms with Gasteiger partial charge in [0.15, 0.2) is 0 Å². The Morgan fingerprint density at radius 1 is 1.08 bits per heavy atom. The number of rotatable bonds is 6. The Balaban J connectivity index is 1.31. The number of aromatic nitrogens is 5. The van der Waals surface area contributed by atoms with Crippen LogP contribution in [0.2, 0.25) is 5.02 Å². The molecule has 0 bridgehead atoms. The molecular formula is C27H30ClN7O2. The number of amides is 1. The Kier molecular flexibility index (Phi) is 6.97. The standard InChI is InChI=1S/C27H30ClN7O2/c1-17-22(12-19(28)13-30-17)26(36)32-20-6-4-18(5-7-20)16-34-24-15-29-11-10-23(24)35(27(34)37)21-8-9-25(31-14-21)33(2)3/h8-15,18,20H,4-7,16H2,1-3H3,(H,32,36). The first kappa shape index (κ1) is 25.0. The van der Waals surface area contributed by atoms with Crippen LogP contribution in [0.3, 0.4) is 0 Å². The lowest BCUT2D eigenvalue weighted by atomic mass is 9.85. The van der Waals surface area contributed by atoms with Crippen LogP contribution in [0, 0.1) is 12.8 Å². The maximum Gasteiger partial charge on any atom is 0.333 e. The van der Waals surface area contributed by atoms with Gasteiger partial charge in [0, 0.05) is 39.1 Å². The maximum absolute atomic E-state index is 13.6. The number of pyridine rings is 3. The Morgan fingerprint density at radius 3 is 2.57 bits per heavy atom. The third-order valence-electron chi connectivity index (χ3n) is 7.10. The molecule has 1 saturated carbocycles. The number of nitrogens with one attached hydrogen (secondary N) is 1. The lowest BCUT2D eigenvalue weighted by molar-refractivity contribution is 0.0919. The summed E-state index contributed by atoms with van der Waals surface area (Å²) in [6.07, 6.45) is 10.3. The molecule has 192 valence electrons. The molecule has 0 aliphatic heterocycles. The van der Waals surface area contributed by atoms with E-state index in [4.69, 9.17) is 11.6 Å². The van der Waals surface area contributed by atoms with Gasteiger partial charge in [-0.3, -0.25) is 23.9 Å². The largest absolute Gasteiger partial charge is 0.363 e. The van der Waals surface area contributed by atoms with Crippen molar-refractivity contribution in [3.63, 3.8) is 0 Å². The monoisotopic (exact) mass is 519 g/mol. The Hall–Kier alpha value is -3.72. The van der Waals surface area contributed by atoms with Crippen LogP contribution in [-0.2, 0) is 6.54 Å². The summed E-state index contributed by atoms with van der Waals surface area (Å²) < 4.78 is 3.53. The van der Waals surface area contributed by atoms with Crippen molar-refractivity contribution >= 4 is 34.4 Å². The molecule has 1 fully saturated rings. The second-order valence-corrected chi connectivity index (χ2v) is 10.3. The second kappa shape index (κ2) is 10.3. The summed E-state index contributed by atoms with van der Waals surface area (Å²) in [4.78, 5) is 41.2. The average molecular weight is 520 g/mol. The van der Waals surface area contributed by atoms with Gasteiger partial charge in [0.05, 0.1) is 45.4 Å². The quantitative estimate of drug-likeness (QED) is 0.413. The normalized spacial score (nSPS) is 17.6. The van der Waals surface area contributed by atoms with Gasteiger partial charge in [-0.2, -0.15) is 0 Å². The first-order chi connectivity index (χ1) is 17.8. The number of anilines is 1. The van der Waals surface area contributed by atoms with E-state index in [2.05, 4.69) is 20.3 Å². The van der Waals surface area contributed by atoms with Gasteiger partial charge in [0.2, 0.25) is 0 Å².